The number of thioether (sulfide) groups is 1. The predicted octanol–water partition coefficient (Wildman–Crippen LogP) is 3.80. The maximum Gasteiger partial charge on any atom is 0.251 e. The summed E-state index contributed by atoms with van der Waals surface area (Å²) in [5.41, 5.74) is 3.31. The fourth-order valence-electron chi connectivity index (χ4n) is 3.96. The van der Waals surface area contributed by atoms with Gasteiger partial charge in [0.2, 0.25) is 11.9 Å². The van der Waals surface area contributed by atoms with Gasteiger partial charge >= 0.3 is 0 Å². The zero-order chi connectivity index (χ0) is 23.5. The monoisotopic (exact) mass is 476 g/mol. The molecular weight excluding hydrogens is 448 g/mol. The van der Waals surface area contributed by atoms with E-state index in [1.165, 1.54) is 17.3 Å². The SMILES string of the molecule is Cc1ccc(-n2c(SCC(=O)Nc3cccc(C(=O)NC4CC4)c3)nnc2N2CCCC2)cc1. The van der Waals surface area contributed by atoms with Crippen molar-refractivity contribution in [2.45, 2.75) is 43.8 Å². The molecule has 3 aromatic rings. The highest BCUT2D eigenvalue weighted by Crippen LogP contribution is 2.29. The van der Waals surface area contributed by atoms with Gasteiger partial charge in [-0.25, -0.2) is 0 Å². The minimum absolute atomic E-state index is 0.103. The molecule has 1 aromatic heterocycles. The Morgan fingerprint density at radius 1 is 1.06 bits per heavy atom. The molecule has 0 spiro atoms. The zero-order valence-electron chi connectivity index (χ0n) is 19.2. The van der Waals surface area contributed by atoms with Gasteiger partial charge in [0.1, 0.15) is 0 Å². The first-order valence-electron chi connectivity index (χ1n) is 11.7. The lowest BCUT2D eigenvalue weighted by molar-refractivity contribution is -0.113. The fourth-order valence-corrected chi connectivity index (χ4v) is 4.71. The Bertz CT molecular complexity index is 1180. The number of nitrogens with one attached hydrogen (secondary N) is 2. The van der Waals surface area contributed by atoms with E-state index in [-0.39, 0.29) is 17.6 Å². The molecule has 2 heterocycles. The van der Waals surface area contributed by atoms with Crippen molar-refractivity contribution in [3.05, 3.63) is 59.7 Å². The third-order valence-corrected chi connectivity index (χ3v) is 6.88. The third kappa shape index (κ3) is 5.25. The number of nitrogens with zero attached hydrogens (tertiary/aromatic N) is 4. The Kier molecular flexibility index (Phi) is 6.53. The summed E-state index contributed by atoms with van der Waals surface area (Å²) in [6, 6.07) is 15.6. The fraction of sp³-hybridized carbons (Fsp3) is 0.360. The number of hydrogen-bond donors (Lipinski definition) is 2. The van der Waals surface area contributed by atoms with Crippen LogP contribution in [0, 0.1) is 6.92 Å². The van der Waals surface area contributed by atoms with Gasteiger partial charge in [-0.2, -0.15) is 0 Å². The molecule has 1 aliphatic carbocycles. The second kappa shape index (κ2) is 9.89. The van der Waals surface area contributed by atoms with E-state index in [1.807, 2.05) is 4.57 Å². The molecule has 2 amide bonds. The summed E-state index contributed by atoms with van der Waals surface area (Å²) in [7, 11) is 0. The molecule has 1 saturated carbocycles. The number of aromatic nitrogens is 3. The third-order valence-electron chi connectivity index (χ3n) is 5.95. The molecule has 2 fully saturated rings. The Balaban J connectivity index is 1.28. The number of hydrogen-bond acceptors (Lipinski definition) is 6. The van der Waals surface area contributed by atoms with Crippen LogP contribution in [0.1, 0.15) is 41.6 Å². The number of carbonyl (C=O) groups excluding carboxylic acids is 2. The van der Waals surface area contributed by atoms with Crippen LogP contribution >= 0.6 is 11.8 Å². The van der Waals surface area contributed by atoms with Gasteiger partial charge in [0.15, 0.2) is 5.16 Å². The minimum atomic E-state index is -0.161. The highest BCUT2D eigenvalue weighted by molar-refractivity contribution is 7.99. The summed E-state index contributed by atoms with van der Waals surface area (Å²) in [6.45, 7) is 3.97. The van der Waals surface area contributed by atoms with Crippen molar-refractivity contribution in [3.63, 3.8) is 0 Å². The molecule has 1 aliphatic heterocycles. The van der Waals surface area contributed by atoms with Crippen molar-refractivity contribution in [1.82, 2.24) is 20.1 Å². The van der Waals surface area contributed by atoms with Crippen molar-refractivity contribution in [3.8, 4) is 5.69 Å². The second-order valence-corrected chi connectivity index (χ2v) is 9.76. The Morgan fingerprint density at radius 2 is 1.82 bits per heavy atom. The van der Waals surface area contributed by atoms with Crippen molar-refractivity contribution in [2.24, 2.45) is 0 Å². The van der Waals surface area contributed by atoms with Crippen molar-refractivity contribution in [1.29, 1.82) is 0 Å². The van der Waals surface area contributed by atoms with Crippen LogP contribution in [0.5, 0.6) is 0 Å². The number of aryl methyl sites for hydroxylation is 1. The van der Waals surface area contributed by atoms with Gasteiger partial charge < -0.3 is 15.5 Å². The first-order chi connectivity index (χ1) is 16.6. The molecule has 176 valence electrons. The molecule has 2 N–H and O–H groups in total. The molecule has 0 radical (unpaired) electrons. The van der Waals surface area contributed by atoms with Crippen molar-refractivity contribution in [2.75, 3.05) is 29.1 Å². The van der Waals surface area contributed by atoms with E-state index in [1.54, 1.807) is 24.3 Å². The van der Waals surface area contributed by atoms with Crippen LogP contribution < -0.4 is 15.5 Å². The van der Waals surface area contributed by atoms with E-state index in [4.69, 9.17) is 0 Å². The number of benzene rings is 2. The summed E-state index contributed by atoms with van der Waals surface area (Å²) in [5.74, 6) is 0.737. The highest BCUT2D eigenvalue weighted by Gasteiger charge is 2.24. The van der Waals surface area contributed by atoms with Gasteiger partial charge in [-0.1, -0.05) is 35.5 Å². The van der Waals surface area contributed by atoms with Crippen LogP contribution in [0.25, 0.3) is 5.69 Å². The molecule has 0 unspecified atom stereocenters. The summed E-state index contributed by atoms with van der Waals surface area (Å²) >= 11 is 1.35. The summed E-state index contributed by atoms with van der Waals surface area (Å²) in [4.78, 5) is 27.3. The van der Waals surface area contributed by atoms with Gasteiger partial charge in [0, 0.05) is 30.4 Å². The molecule has 5 rings (SSSR count). The Morgan fingerprint density at radius 3 is 2.56 bits per heavy atom. The van der Waals surface area contributed by atoms with E-state index in [2.05, 4.69) is 56.9 Å². The van der Waals surface area contributed by atoms with Gasteiger partial charge in [-0.05, 0) is 62.9 Å². The molecule has 2 aliphatic rings. The molecular formula is C25H28N6O2S. The molecule has 1 saturated heterocycles. The molecule has 9 heteroatoms. The maximum atomic E-state index is 12.7. The lowest BCUT2D eigenvalue weighted by Gasteiger charge is -2.18. The zero-order valence-corrected chi connectivity index (χ0v) is 20.0. The summed E-state index contributed by atoms with van der Waals surface area (Å²) in [6.07, 6.45) is 4.35. The van der Waals surface area contributed by atoms with Gasteiger partial charge in [-0.15, -0.1) is 10.2 Å². The topological polar surface area (TPSA) is 92.2 Å². The maximum absolute atomic E-state index is 12.7. The summed E-state index contributed by atoms with van der Waals surface area (Å²) < 4.78 is 2.03. The quantitative estimate of drug-likeness (QED) is 0.481. The number of amides is 2. The number of carbonyl (C=O) groups is 2. The Labute approximate surface area is 203 Å². The molecule has 8 nitrogen and oxygen atoms in total. The van der Waals surface area contributed by atoms with Crippen LogP contribution in [-0.2, 0) is 4.79 Å². The highest BCUT2D eigenvalue weighted by atomic mass is 32.2. The molecule has 0 atom stereocenters. The van der Waals surface area contributed by atoms with E-state index < -0.39 is 0 Å². The van der Waals surface area contributed by atoms with E-state index >= 15 is 0 Å². The summed E-state index contributed by atoms with van der Waals surface area (Å²) in [5, 5.41) is 15.4. The van der Waals surface area contributed by atoms with Gasteiger partial charge in [-0.3, -0.25) is 14.2 Å². The average molecular weight is 477 g/mol. The molecule has 2 aromatic carbocycles. The van der Waals surface area contributed by atoms with Crippen molar-refractivity contribution >= 4 is 35.2 Å². The smallest absolute Gasteiger partial charge is 0.251 e. The van der Waals surface area contributed by atoms with E-state index in [9.17, 15) is 9.59 Å². The first-order valence-corrected chi connectivity index (χ1v) is 12.7. The lowest BCUT2D eigenvalue weighted by atomic mass is 10.2. The van der Waals surface area contributed by atoms with Crippen LogP contribution in [0.4, 0.5) is 11.6 Å². The normalized spacial score (nSPS) is 15.4. The second-order valence-electron chi connectivity index (χ2n) is 8.81. The predicted molar refractivity (Wildman–Crippen MR) is 134 cm³/mol. The minimum Gasteiger partial charge on any atom is -0.349 e. The van der Waals surface area contributed by atoms with Crippen LogP contribution in [0.15, 0.2) is 53.7 Å². The van der Waals surface area contributed by atoms with Crippen LogP contribution in [-0.4, -0.2) is 51.5 Å². The van der Waals surface area contributed by atoms with E-state index in [0.717, 1.165) is 50.4 Å². The van der Waals surface area contributed by atoms with Crippen LogP contribution in [0.2, 0.25) is 0 Å². The lowest BCUT2D eigenvalue weighted by Crippen LogP contribution is -2.25. The van der Waals surface area contributed by atoms with E-state index in [0.29, 0.717) is 22.4 Å². The standard InChI is InChI=1S/C25H28N6O2S/c1-17-7-11-21(12-8-17)31-24(30-13-2-3-14-30)28-29-25(31)34-16-22(32)26-20-6-4-5-18(15-20)23(33)27-19-9-10-19/h4-8,11-12,15,19H,2-3,9-10,13-14,16H2,1H3,(H,26,32)(H,27,33). The largest absolute Gasteiger partial charge is 0.349 e. The number of anilines is 2. The van der Waals surface area contributed by atoms with Crippen molar-refractivity contribution < 1.29 is 9.59 Å². The van der Waals surface area contributed by atoms with Gasteiger partial charge in [0.25, 0.3) is 5.91 Å². The average Bonchev–Trinajstić information content (AvgIpc) is 3.31. The van der Waals surface area contributed by atoms with Gasteiger partial charge in [0.05, 0.1) is 11.4 Å². The first kappa shape index (κ1) is 22.5. The number of rotatable bonds is 8. The van der Waals surface area contributed by atoms with Crippen LogP contribution in [0.3, 0.4) is 0 Å². The molecule has 34 heavy (non-hydrogen) atoms. The molecule has 0 bridgehead atoms. The Hall–Kier alpha value is -3.33.